The number of carbonyl (C=O) groups is 3. The molecule has 2 aromatic rings. The van der Waals surface area contributed by atoms with E-state index in [1.165, 1.54) is 26.8 Å². The first-order valence-electron chi connectivity index (χ1n) is 12.1. The molecule has 0 saturated carbocycles. The highest BCUT2D eigenvalue weighted by molar-refractivity contribution is 6.50. The number of nitrogens with zero attached hydrogens (tertiary/aromatic N) is 2. The van der Waals surface area contributed by atoms with E-state index in [9.17, 15) is 23.9 Å². The number of likely N-dealkylation sites (tertiary alicyclic amines) is 1. The van der Waals surface area contributed by atoms with E-state index in [0.29, 0.717) is 36.4 Å². The fourth-order valence-corrected chi connectivity index (χ4v) is 5.55. The highest BCUT2D eigenvalue weighted by Gasteiger charge is 2.66. The van der Waals surface area contributed by atoms with Gasteiger partial charge in [0.25, 0.3) is 17.6 Å². The molecule has 0 aliphatic carbocycles. The molecule has 0 bridgehead atoms. The standard InChI is InChI=1S/C27H28FN3O5/c1-17-8-9-18(16-20(17)28)23(32)22-24(33)25(34)31(11-5-10-30-12-14-36-15-13-30)27(22)19-6-3-4-7-21(19)29(2)26(27)35/h3-4,6-9,16,32H,5,10-15H2,1-2H3/p+1/t27-/m1/s1. The summed E-state index contributed by atoms with van der Waals surface area (Å²) in [6.07, 6.45) is 0.558. The molecule has 36 heavy (non-hydrogen) atoms. The molecule has 2 N–H and O–H groups in total. The van der Waals surface area contributed by atoms with Gasteiger partial charge in [-0.15, -0.1) is 0 Å². The first kappa shape index (κ1) is 24.1. The number of aryl methyl sites for hydroxylation is 1. The number of ether oxygens (including phenoxy) is 1. The van der Waals surface area contributed by atoms with Crippen LogP contribution in [-0.4, -0.2) is 74.0 Å². The van der Waals surface area contributed by atoms with Crippen LogP contribution in [0.2, 0.25) is 0 Å². The van der Waals surface area contributed by atoms with Gasteiger partial charge in [-0.3, -0.25) is 14.4 Å². The number of carbonyl (C=O) groups excluding carboxylic acids is 3. The summed E-state index contributed by atoms with van der Waals surface area (Å²) in [5.41, 5.74) is -0.733. The minimum absolute atomic E-state index is 0.0353. The predicted molar refractivity (Wildman–Crippen MR) is 130 cm³/mol. The zero-order valence-electron chi connectivity index (χ0n) is 20.3. The van der Waals surface area contributed by atoms with E-state index in [-0.39, 0.29) is 17.7 Å². The Bertz CT molecular complexity index is 1290. The normalized spacial score (nSPS) is 23.7. The van der Waals surface area contributed by atoms with Gasteiger partial charge >= 0.3 is 0 Å². The van der Waals surface area contributed by atoms with E-state index in [2.05, 4.69) is 0 Å². The Morgan fingerprint density at radius 3 is 2.58 bits per heavy atom. The number of ketones is 1. The molecule has 9 heteroatoms. The molecule has 1 atom stereocenters. The van der Waals surface area contributed by atoms with Crippen LogP contribution in [0, 0.1) is 12.7 Å². The third-order valence-corrected chi connectivity index (χ3v) is 7.50. The van der Waals surface area contributed by atoms with Gasteiger partial charge in [0.15, 0.2) is 5.54 Å². The lowest BCUT2D eigenvalue weighted by Crippen LogP contribution is -3.14. The van der Waals surface area contributed by atoms with Crippen LogP contribution in [0.4, 0.5) is 10.1 Å². The van der Waals surface area contributed by atoms with E-state index in [4.69, 9.17) is 4.74 Å². The number of hydrogen-bond acceptors (Lipinski definition) is 5. The van der Waals surface area contributed by atoms with Crippen LogP contribution < -0.4 is 9.80 Å². The number of amides is 2. The fourth-order valence-electron chi connectivity index (χ4n) is 5.55. The van der Waals surface area contributed by atoms with E-state index in [0.717, 1.165) is 25.7 Å². The summed E-state index contributed by atoms with van der Waals surface area (Å²) in [6, 6.07) is 11.0. The number of aliphatic hydroxyl groups is 1. The van der Waals surface area contributed by atoms with Gasteiger partial charge in [-0.1, -0.05) is 30.3 Å². The maximum atomic E-state index is 14.4. The van der Waals surface area contributed by atoms with Gasteiger partial charge in [0.1, 0.15) is 24.7 Å². The Morgan fingerprint density at radius 1 is 1.14 bits per heavy atom. The van der Waals surface area contributed by atoms with E-state index in [1.54, 1.807) is 38.2 Å². The van der Waals surface area contributed by atoms with Crippen LogP contribution in [-0.2, 0) is 24.7 Å². The number of para-hydroxylation sites is 1. The maximum Gasteiger partial charge on any atom is 0.296 e. The number of quaternary nitrogens is 1. The molecule has 3 aliphatic rings. The van der Waals surface area contributed by atoms with Crippen molar-refractivity contribution < 1.29 is 33.5 Å². The largest absolute Gasteiger partial charge is 0.507 e. The number of Topliss-reactive ketones (excluding diaryl/α,β-unsaturated/α-hetero) is 1. The van der Waals surface area contributed by atoms with Crippen molar-refractivity contribution in [1.29, 1.82) is 0 Å². The molecular formula is C27H29FN3O5+. The summed E-state index contributed by atoms with van der Waals surface area (Å²) < 4.78 is 19.8. The molecule has 1 spiro atoms. The molecule has 5 rings (SSSR count). The second-order valence-electron chi connectivity index (χ2n) is 9.53. The molecule has 0 radical (unpaired) electrons. The molecular weight excluding hydrogens is 465 g/mol. The van der Waals surface area contributed by atoms with Gasteiger partial charge in [-0.05, 0) is 24.6 Å². The monoisotopic (exact) mass is 494 g/mol. The Morgan fingerprint density at radius 2 is 1.86 bits per heavy atom. The van der Waals surface area contributed by atoms with Gasteiger partial charge in [0.05, 0.1) is 25.3 Å². The number of likely N-dealkylation sites (N-methyl/N-ethyl adjacent to an activating group) is 1. The van der Waals surface area contributed by atoms with Crippen molar-refractivity contribution in [3.05, 3.63) is 70.5 Å². The van der Waals surface area contributed by atoms with Crippen molar-refractivity contribution in [1.82, 2.24) is 4.90 Å². The summed E-state index contributed by atoms with van der Waals surface area (Å²) in [5.74, 6) is -3.43. The summed E-state index contributed by atoms with van der Waals surface area (Å²) >= 11 is 0. The zero-order valence-corrected chi connectivity index (χ0v) is 20.3. The molecule has 188 valence electrons. The van der Waals surface area contributed by atoms with Gasteiger partial charge in [0, 0.05) is 36.8 Å². The van der Waals surface area contributed by atoms with Crippen LogP contribution in [0.3, 0.4) is 0 Å². The molecule has 8 nitrogen and oxygen atoms in total. The SMILES string of the molecule is Cc1ccc(C(O)=C2C(=O)C(=O)N(CCC[NH+]3CCOCC3)[C@@]23C(=O)N(C)c2ccccc23)cc1F. The Hall–Kier alpha value is -3.56. The average Bonchev–Trinajstić information content (AvgIpc) is 3.24. The molecule has 3 heterocycles. The highest BCUT2D eigenvalue weighted by Crippen LogP contribution is 2.53. The topological polar surface area (TPSA) is 91.6 Å². The van der Waals surface area contributed by atoms with Crippen molar-refractivity contribution in [2.75, 3.05) is 51.3 Å². The minimum atomic E-state index is -1.81. The third kappa shape index (κ3) is 3.53. The summed E-state index contributed by atoms with van der Waals surface area (Å²) in [6.45, 7) is 5.54. The molecule has 2 saturated heterocycles. The van der Waals surface area contributed by atoms with Crippen molar-refractivity contribution in [3.8, 4) is 0 Å². The lowest BCUT2D eigenvalue weighted by atomic mass is 9.81. The summed E-state index contributed by atoms with van der Waals surface area (Å²) in [4.78, 5) is 44.9. The lowest BCUT2D eigenvalue weighted by Gasteiger charge is -2.34. The van der Waals surface area contributed by atoms with Gasteiger partial charge in [0.2, 0.25) is 0 Å². The fraction of sp³-hybridized carbons (Fsp3) is 0.370. The Balaban J connectivity index is 1.64. The van der Waals surface area contributed by atoms with Gasteiger partial charge in [-0.25, -0.2) is 4.39 Å². The first-order valence-corrected chi connectivity index (χ1v) is 12.1. The van der Waals surface area contributed by atoms with E-state index >= 15 is 0 Å². The second kappa shape index (κ2) is 9.15. The number of rotatable bonds is 5. The number of fused-ring (bicyclic) bond motifs is 2. The van der Waals surface area contributed by atoms with Crippen molar-refractivity contribution >= 4 is 29.0 Å². The average molecular weight is 495 g/mol. The predicted octanol–water partition coefficient (Wildman–Crippen LogP) is 0.992. The highest BCUT2D eigenvalue weighted by atomic mass is 19.1. The summed E-state index contributed by atoms with van der Waals surface area (Å²) in [7, 11) is 1.58. The number of benzene rings is 2. The second-order valence-corrected chi connectivity index (χ2v) is 9.53. The van der Waals surface area contributed by atoms with Crippen molar-refractivity contribution in [2.24, 2.45) is 0 Å². The number of hydrogen-bond donors (Lipinski definition) is 2. The van der Waals surface area contributed by atoms with Crippen LogP contribution in [0.1, 0.15) is 23.1 Å². The van der Waals surface area contributed by atoms with Crippen molar-refractivity contribution in [3.63, 3.8) is 0 Å². The minimum Gasteiger partial charge on any atom is -0.507 e. The lowest BCUT2D eigenvalue weighted by molar-refractivity contribution is -0.908. The number of anilines is 1. The van der Waals surface area contributed by atoms with Gasteiger partial charge < -0.3 is 24.5 Å². The number of morpholine rings is 1. The quantitative estimate of drug-likeness (QED) is 0.368. The molecule has 0 aromatic heterocycles. The molecule has 2 amide bonds. The molecule has 2 fully saturated rings. The molecule has 3 aliphatic heterocycles. The molecule has 2 aromatic carbocycles. The van der Waals surface area contributed by atoms with Crippen LogP contribution in [0.25, 0.3) is 5.76 Å². The van der Waals surface area contributed by atoms with E-state index < -0.39 is 34.7 Å². The van der Waals surface area contributed by atoms with Gasteiger partial charge in [-0.2, -0.15) is 0 Å². The smallest absolute Gasteiger partial charge is 0.296 e. The zero-order chi connectivity index (χ0) is 25.6. The van der Waals surface area contributed by atoms with Crippen LogP contribution in [0.5, 0.6) is 0 Å². The molecule has 0 unspecified atom stereocenters. The third-order valence-electron chi connectivity index (χ3n) is 7.50. The number of aliphatic hydroxyl groups excluding tert-OH is 1. The maximum absolute atomic E-state index is 14.4. The van der Waals surface area contributed by atoms with Crippen LogP contribution in [0.15, 0.2) is 48.0 Å². The van der Waals surface area contributed by atoms with E-state index in [1.807, 2.05) is 0 Å². The summed E-state index contributed by atoms with van der Waals surface area (Å²) in [5, 5.41) is 11.4. The van der Waals surface area contributed by atoms with Crippen molar-refractivity contribution in [2.45, 2.75) is 18.9 Å². The number of nitrogens with one attached hydrogen (secondary N) is 1. The number of halogens is 1. The first-order chi connectivity index (χ1) is 17.3. The van der Waals surface area contributed by atoms with Crippen LogP contribution >= 0.6 is 0 Å². The Kier molecular flexibility index (Phi) is 6.13. The Labute approximate surface area is 208 Å².